The fourth-order valence-electron chi connectivity index (χ4n) is 9.60. The Kier molecular flexibility index (Phi) is 8.04. The van der Waals surface area contributed by atoms with Crippen LogP contribution in [0, 0.1) is 0 Å². The van der Waals surface area contributed by atoms with Crippen molar-refractivity contribution < 1.29 is 0 Å². The molecule has 1 spiro atoms. The van der Waals surface area contributed by atoms with E-state index >= 15 is 0 Å². The van der Waals surface area contributed by atoms with Crippen LogP contribution < -0.4 is 0 Å². The van der Waals surface area contributed by atoms with Gasteiger partial charge in [-0.25, -0.2) is 19.9 Å². The maximum absolute atomic E-state index is 5.52. The lowest BCUT2D eigenvalue weighted by molar-refractivity contribution is 0.788. The summed E-state index contributed by atoms with van der Waals surface area (Å²) in [7, 11) is 0. The highest BCUT2D eigenvalue weighted by Gasteiger charge is 2.54. The molecule has 0 atom stereocenters. The topological polar surface area (TPSA) is 51.6 Å². The molecule has 8 aromatic carbocycles. The number of hydrogen-bond acceptors (Lipinski definition) is 4. The lowest BCUT2D eigenvalue weighted by Gasteiger charge is -2.31. The third-order valence-electron chi connectivity index (χ3n) is 12.4. The summed E-state index contributed by atoms with van der Waals surface area (Å²) in [5.74, 6) is 1.41. The zero-order valence-corrected chi connectivity index (χ0v) is 33.1. The molecule has 0 radical (unpaired) electrons. The molecule has 0 bridgehead atoms. The van der Waals surface area contributed by atoms with Crippen LogP contribution in [0.1, 0.15) is 22.3 Å². The molecule has 0 aliphatic heterocycles. The summed E-state index contributed by atoms with van der Waals surface area (Å²) in [4.78, 5) is 21.0. The van der Waals surface area contributed by atoms with Crippen LogP contribution in [-0.4, -0.2) is 19.9 Å². The average Bonchev–Trinajstić information content (AvgIpc) is 3.82. The van der Waals surface area contributed by atoms with Gasteiger partial charge in [-0.2, -0.15) is 0 Å². The van der Waals surface area contributed by atoms with Crippen molar-refractivity contribution in [1.82, 2.24) is 19.9 Å². The van der Waals surface area contributed by atoms with Gasteiger partial charge in [-0.3, -0.25) is 0 Å². The second-order valence-electron chi connectivity index (χ2n) is 15.7. The van der Waals surface area contributed by atoms with E-state index in [-0.39, 0.29) is 0 Å². The van der Waals surface area contributed by atoms with Crippen LogP contribution >= 0.6 is 0 Å². The largest absolute Gasteiger partial charge is 0.228 e. The third kappa shape index (κ3) is 5.53. The van der Waals surface area contributed by atoms with Gasteiger partial charge in [-0.15, -0.1) is 0 Å². The number of fused-ring (bicyclic) bond motifs is 10. The Morgan fingerprint density at radius 3 is 1.18 bits per heavy atom. The summed E-state index contributed by atoms with van der Waals surface area (Å²) in [6.07, 6.45) is 0. The van der Waals surface area contributed by atoms with Crippen molar-refractivity contribution in [2.24, 2.45) is 0 Å². The van der Waals surface area contributed by atoms with Gasteiger partial charge in [0.25, 0.3) is 0 Å². The van der Waals surface area contributed by atoms with Crippen molar-refractivity contribution in [3.8, 4) is 90.1 Å². The first-order valence-corrected chi connectivity index (χ1v) is 20.7. The second kappa shape index (κ2) is 14.0. The summed E-state index contributed by atoms with van der Waals surface area (Å²) in [5.41, 5.74) is 19.1. The van der Waals surface area contributed by atoms with E-state index in [9.17, 15) is 0 Å². The van der Waals surface area contributed by atoms with Crippen LogP contribution in [0.4, 0.5) is 0 Å². The van der Waals surface area contributed by atoms with Gasteiger partial charge < -0.3 is 0 Å². The Morgan fingerprint density at radius 1 is 0.262 bits per heavy atom. The molecule has 2 aromatic heterocycles. The Bertz CT molecular complexity index is 3170. The number of benzene rings is 8. The SMILES string of the molecule is c1ccc(-c2cc(-c3ccc(-c4ccc(-c5nc(-c6ccccc6)c6c(n5)-c5ccccc5C65c6ccccc6-c6ccccc65)cc4)cc3)nc(-c3ccccc3)n2)cc1. The minimum atomic E-state index is -0.545. The van der Waals surface area contributed by atoms with Crippen LogP contribution in [0.5, 0.6) is 0 Å². The van der Waals surface area contributed by atoms with E-state index in [1.807, 2.05) is 36.4 Å². The van der Waals surface area contributed by atoms with Crippen LogP contribution in [0.25, 0.3) is 90.1 Å². The molecule has 284 valence electrons. The quantitative estimate of drug-likeness (QED) is 0.169. The Morgan fingerprint density at radius 2 is 0.623 bits per heavy atom. The minimum Gasteiger partial charge on any atom is -0.228 e. The van der Waals surface area contributed by atoms with E-state index in [2.05, 4.69) is 182 Å². The monoisotopic (exact) mass is 776 g/mol. The van der Waals surface area contributed by atoms with E-state index in [1.165, 1.54) is 27.8 Å². The fourth-order valence-corrected chi connectivity index (χ4v) is 9.60. The van der Waals surface area contributed by atoms with Crippen LogP contribution in [0.3, 0.4) is 0 Å². The molecule has 4 heteroatoms. The maximum Gasteiger partial charge on any atom is 0.160 e. The molecule has 2 heterocycles. The fraction of sp³-hybridized carbons (Fsp3) is 0.0175. The van der Waals surface area contributed by atoms with Gasteiger partial charge in [-0.1, -0.05) is 212 Å². The smallest absolute Gasteiger partial charge is 0.160 e. The molecule has 2 aliphatic rings. The molecule has 0 saturated heterocycles. The highest BCUT2D eigenvalue weighted by molar-refractivity contribution is 5.97. The van der Waals surface area contributed by atoms with E-state index in [4.69, 9.17) is 19.9 Å². The summed E-state index contributed by atoms with van der Waals surface area (Å²) in [6, 6.07) is 77.0. The third-order valence-corrected chi connectivity index (χ3v) is 12.4. The first-order valence-electron chi connectivity index (χ1n) is 20.7. The minimum absolute atomic E-state index is 0.545. The van der Waals surface area contributed by atoms with Gasteiger partial charge in [0.15, 0.2) is 11.6 Å². The Labute approximate surface area is 354 Å². The molecule has 0 amide bonds. The van der Waals surface area contributed by atoms with Gasteiger partial charge in [0.1, 0.15) is 0 Å². The van der Waals surface area contributed by atoms with Gasteiger partial charge in [-0.05, 0) is 45.0 Å². The molecule has 12 rings (SSSR count). The predicted molar refractivity (Wildman–Crippen MR) is 247 cm³/mol. The van der Waals surface area contributed by atoms with Crippen LogP contribution in [-0.2, 0) is 5.41 Å². The zero-order valence-electron chi connectivity index (χ0n) is 33.1. The summed E-state index contributed by atoms with van der Waals surface area (Å²) in [5, 5.41) is 0. The zero-order chi connectivity index (χ0) is 40.3. The predicted octanol–water partition coefficient (Wildman–Crippen LogP) is 13.6. The Hall–Kier alpha value is -8.08. The molecule has 2 aliphatic carbocycles. The van der Waals surface area contributed by atoms with Crippen molar-refractivity contribution in [1.29, 1.82) is 0 Å². The van der Waals surface area contributed by atoms with Crippen molar-refractivity contribution in [2.75, 3.05) is 0 Å². The first kappa shape index (κ1) is 34.9. The maximum atomic E-state index is 5.52. The normalized spacial score (nSPS) is 12.7. The van der Waals surface area contributed by atoms with Gasteiger partial charge >= 0.3 is 0 Å². The molecule has 10 aromatic rings. The lowest BCUT2D eigenvalue weighted by atomic mass is 9.69. The van der Waals surface area contributed by atoms with E-state index in [1.54, 1.807) is 0 Å². The van der Waals surface area contributed by atoms with Crippen LogP contribution in [0.2, 0.25) is 0 Å². The van der Waals surface area contributed by atoms with Crippen molar-refractivity contribution >= 4 is 0 Å². The Balaban J connectivity index is 0.948. The summed E-state index contributed by atoms with van der Waals surface area (Å²) < 4.78 is 0. The molecule has 4 nitrogen and oxygen atoms in total. The van der Waals surface area contributed by atoms with E-state index < -0.39 is 5.41 Å². The van der Waals surface area contributed by atoms with Crippen LogP contribution in [0.15, 0.2) is 218 Å². The van der Waals surface area contributed by atoms with Gasteiger partial charge in [0.2, 0.25) is 0 Å². The molecule has 0 unspecified atom stereocenters. The summed E-state index contributed by atoms with van der Waals surface area (Å²) in [6.45, 7) is 0. The first-order chi connectivity index (χ1) is 30.2. The van der Waals surface area contributed by atoms with E-state index in [0.29, 0.717) is 11.6 Å². The number of hydrogen-bond donors (Lipinski definition) is 0. The highest BCUT2D eigenvalue weighted by atomic mass is 14.9. The van der Waals surface area contributed by atoms with Crippen molar-refractivity contribution in [3.63, 3.8) is 0 Å². The van der Waals surface area contributed by atoms with Crippen molar-refractivity contribution in [2.45, 2.75) is 5.41 Å². The second-order valence-corrected chi connectivity index (χ2v) is 15.7. The number of nitrogens with zero attached hydrogens (tertiary/aromatic N) is 4. The average molecular weight is 777 g/mol. The van der Waals surface area contributed by atoms with Gasteiger partial charge in [0.05, 0.1) is 28.2 Å². The number of rotatable bonds is 6. The standard InChI is InChI=1S/C57H36N4/c1-4-16-39(17-5-1)50-36-51(59-55(58-50)42-20-8-3-9-21-42)40-32-28-37(29-33-40)38-30-34-43(35-31-38)56-60-53(41-18-6-2-7-19-41)52-54(61-56)46-24-12-15-27-49(46)57(52)47-25-13-10-22-44(47)45-23-11-14-26-48(45)57/h1-36H. The molecule has 0 N–H and O–H groups in total. The number of aromatic nitrogens is 4. The molecule has 0 fully saturated rings. The van der Waals surface area contributed by atoms with E-state index in [0.717, 1.165) is 72.8 Å². The summed E-state index contributed by atoms with van der Waals surface area (Å²) >= 11 is 0. The molecule has 0 saturated carbocycles. The molecular weight excluding hydrogens is 741 g/mol. The van der Waals surface area contributed by atoms with Gasteiger partial charge in [0, 0.05) is 38.9 Å². The highest BCUT2D eigenvalue weighted by Crippen LogP contribution is 2.64. The van der Waals surface area contributed by atoms with Crippen molar-refractivity contribution in [3.05, 3.63) is 241 Å². The lowest BCUT2D eigenvalue weighted by Crippen LogP contribution is -2.27. The molecular formula is C57H36N4. The molecule has 61 heavy (non-hydrogen) atoms.